The van der Waals surface area contributed by atoms with Crippen LogP contribution in [-0.4, -0.2) is 47.5 Å². The first kappa shape index (κ1) is 15.9. The third-order valence-corrected chi connectivity index (χ3v) is 3.67. The molecule has 0 radical (unpaired) electrons. The molecule has 1 aliphatic heterocycles. The second-order valence-corrected chi connectivity index (χ2v) is 5.29. The Kier molecular flexibility index (Phi) is 4.72. The van der Waals surface area contributed by atoms with Crippen molar-refractivity contribution in [3.63, 3.8) is 0 Å². The highest BCUT2D eigenvalue weighted by molar-refractivity contribution is 5.97. The summed E-state index contributed by atoms with van der Waals surface area (Å²) < 4.78 is 10.8. The molecular weight excluding hydrogens is 310 g/mol. The third-order valence-electron chi connectivity index (χ3n) is 3.67. The summed E-state index contributed by atoms with van der Waals surface area (Å²) in [6, 6.07) is 11.7. The molecule has 1 saturated heterocycles. The Morgan fingerprint density at radius 1 is 1.21 bits per heavy atom. The molecule has 0 bridgehead atoms. The second kappa shape index (κ2) is 7.10. The average Bonchev–Trinajstić information content (AvgIpc) is 2.62. The fourth-order valence-corrected chi connectivity index (χ4v) is 2.42. The summed E-state index contributed by atoms with van der Waals surface area (Å²) >= 11 is 0. The summed E-state index contributed by atoms with van der Waals surface area (Å²) in [6.07, 6.45) is 1.42. The van der Waals surface area contributed by atoms with Crippen molar-refractivity contribution in [2.24, 2.45) is 5.73 Å². The number of ether oxygens (including phenoxy) is 2. The highest BCUT2D eigenvalue weighted by atomic mass is 16.5. The number of morpholine rings is 1. The Morgan fingerprint density at radius 3 is 2.67 bits per heavy atom. The fraction of sp³-hybridized carbons (Fsp3) is 0.235. The Labute approximate surface area is 139 Å². The second-order valence-electron chi connectivity index (χ2n) is 5.29. The van der Waals surface area contributed by atoms with Crippen LogP contribution >= 0.6 is 0 Å². The van der Waals surface area contributed by atoms with E-state index < -0.39 is 11.9 Å². The van der Waals surface area contributed by atoms with Gasteiger partial charge in [0.25, 0.3) is 5.91 Å². The lowest BCUT2D eigenvalue weighted by molar-refractivity contribution is -0.127. The van der Waals surface area contributed by atoms with Gasteiger partial charge in [-0.05, 0) is 18.2 Å². The maximum absolute atomic E-state index is 12.6. The number of carbonyl (C=O) groups is 2. The van der Waals surface area contributed by atoms with E-state index in [9.17, 15) is 9.59 Å². The summed E-state index contributed by atoms with van der Waals surface area (Å²) in [6.45, 7) is 0.802. The zero-order valence-corrected chi connectivity index (χ0v) is 12.9. The van der Waals surface area contributed by atoms with Crippen molar-refractivity contribution >= 4 is 11.8 Å². The van der Waals surface area contributed by atoms with E-state index in [1.807, 2.05) is 30.3 Å². The van der Waals surface area contributed by atoms with Crippen LogP contribution in [0.5, 0.6) is 11.6 Å². The molecule has 0 aliphatic carbocycles. The molecule has 7 nitrogen and oxygen atoms in total. The molecule has 2 heterocycles. The number of carbonyl (C=O) groups excluding carboxylic acids is 2. The first-order valence-electron chi connectivity index (χ1n) is 7.52. The van der Waals surface area contributed by atoms with Crippen LogP contribution < -0.4 is 10.5 Å². The van der Waals surface area contributed by atoms with Gasteiger partial charge in [-0.1, -0.05) is 18.2 Å². The van der Waals surface area contributed by atoms with Gasteiger partial charge in [-0.25, -0.2) is 4.98 Å². The van der Waals surface area contributed by atoms with Crippen LogP contribution in [0.1, 0.15) is 10.4 Å². The van der Waals surface area contributed by atoms with E-state index in [1.54, 1.807) is 12.1 Å². The quantitative estimate of drug-likeness (QED) is 0.910. The van der Waals surface area contributed by atoms with Gasteiger partial charge in [0.2, 0.25) is 11.8 Å². The van der Waals surface area contributed by atoms with Crippen molar-refractivity contribution in [1.29, 1.82) is 0 Å². The lowest BCUT2D eigenvalue weighted by Gasteiger charge is -2.33. The van der Waals surface area contributed by atoms with Crippen LogP contribution in [0, 0.1) is 0 Å². The van der Waals surface area contributed by atoms with E-state index in [0.29, 0.717) is 30.3 Å². The van der Waals surface area contributed by atoms with Gasteiger partial charge in [-0.15, -0.1) is 0 Å². The molecule has 124 valence electrons. The molecule has 1 aromatic carbocycles. The van der Waals surface area contributed by atoms with Crippen molar-refractivity contribution in [2.45, 2.75) is 6.04 Å². The Morgan fingerprint density at radius 2 is 2.00 bits per heavy atom. The van der Waals surface area contributed by atoms with Crippen LogP contribution in [0.25, 0.3) is 0 Å². The van der Waals surface area contributed by atoms with Crippen LogP contribution in [0.3, 0.4) is 0 Å². The van der Waals surface area contributed by atoms with Gasteiger partial charge in [0.15, 0.2) is 0 Å². The van der Waals surface area contributed by atoms with Gasteiger partial charge in [0.1, 0.15) is 11.8 Å². The molecule has 1 atom stereocenters. The van der Waals surface area contributed by atoms with Crippen molar-refractivity contribution in [3.8, 4) is 11.6 Å². The summed E-state index contributed by atoms with van der Waals surface area (Å²) in [5, 5.41) is 0. The van der Waals surface area contributed by atoms with Crippen LogP contribution in [0.15, 0.2) is 48.7 Å². The predicted octanol–water partition coefficient (Wildman–Crippen LogP) is 1.20. The molecule has 2 N–H and O–H groups in total. The molecular formula is C17H17N3O4. The van der Waals surface area contributed by atoms with Crippen molar-refractivity contribution in [1.82, 2.24) is 9.88 Å². The van der Waals surface area contributed by atoms with Gasteiger partial charge >= 0.3 is 0 Å². The molecule has 24 heavy (non-hydrogen) atoms. The van der Waals surface area contributed by atoms with Gasteiger partial charge in [-0.3, -0.25) is 9.59 Å². The molecule has 0 saturated carbocycles. The van der Waals surface area contributed by atoms with Crippen LogP contribution in [0.2, 0.25) is 0 Å². The molecule has 1 unspecified atom stereocenters. The number of para-hydroxylation sites is 1. The first-order chi connectivity index (χ1) is 11.6. The highest BCUT2D eigenvalue weighted by Crippen LogP contribution is 2.19. The normalized spacial score (nSPS) is 17.3. The molecule has 2 aromatic rings. The predicted molar refractivity (Wildman–Crippen MR) is 85.6 cm³/mol. The number of rotatable bonds is 4. The molecule has 2 amide bonds. The number of benzene rings is 1. The number of primary amides is 1. The fourth-order valence-electron chi connectivity index (χ4n) is 2.42. The van der Waals surface area contributed by atoms with Gasteiger partial charge in [0, 0.05) is 18.8 Å². The lowest BCUT2D eigenvalue weighted by atomic mass is 10.1. The lowest BCUT2D eigenvalue weighted by Crippen LogP contribution is -2.54. The number of hydrogen-bond acceptors (Lipinski definition) is 5. The van der Waals surface area contributed by atoms with Crippen molar-refractivity contribution < 1.29 is 19.1 Å². The van der Waals surface area contributed by atoms with E-state index in [1.165, 1.54) is 11.1 Å². The van der Waals surface area contributed by atoms with Crippen molar-refractivity contribution in [2.75, 3.05) is 19.8 Å². The van der Waals surface area contributed by atoms with Gasteiger partial charge in [-0.2, -0.15) is 0 Å². The average molecular weight is 327 g/mol. The van der Waals surface area contributed by atoms with E-state index in [4.69, 9.17) is 15.2 Å². The smallest absolute Gasteiger partial charge is 0.256 e. The maximum Gasteiger partial charge on any atom is 0.256 e. The number of amides is 2. The molecule has 1 fully saturated rings. The van der Waals surface area contributed by atoms with Crippen LogP contribution in [-0.2, 0) is 9.53 Å². The minimum atomic E-state index is -0.758. The van der Waals surface area contributed by atoms with E-state index >= 15 is 0 Å². The summed E-state index contributed by atoms with van der Waals surface area (Å²) in [5.41, 5.74) is 5.70. The largest absolute Gasteiger partial charge is 0.439 e. The van der Waals surface area contributed by atoms with E-state index in [2.05, 4.69) is 4.98 Å². The minimum Gasteiger partial charge on any atom is -0.439 e. The first-order valence-corrected chi connectivity index (χ1v) is 7.52. The minimum absolute atomic E-state index is 0.115. The highest BCUT2D eigenvalue weighted by Gasteiger charge is 2.32. The molecule has 1 aliphatic rings. The van der Waals surface area contributed by atoms with E-state index in [-0.39, 0.29) is 12.5 Å². The molecule has 7 heteroatoms. The number of nitrogens with zero attached hydrogens (tertiary/aromatic N) is 2. The zero-order valence-electron chi connectivity index (χ0n) is 12.9. The summed E-state index contributed by atoms with van der Waals surface area (Å²) in [5.74, 6) is 0.151. The number of nitrogens with two attached hydrogens (primary N) is 1. The number of hydrogen-bond donors (Lipinski definition) is 1. The number of pyridine rings is 1. The van der Waals surface area contributed by atoms with Gasteiger partial charge in [0.05, 0.1) is 18.8 Å². The number of aromatic nitrogens is 1. The topological polar surface area (TPSA) is 94.8 Å². The summed E-state index contributed by atoms with van der Waals surface area (Å²) in [4.78, 5) is 29.6. The van der Waals surface area contributed by atoms with E-state index in [0.717, 1.165) is 0 Å². The van der Waals surface area contributed by atoms with Gasteiger partial charge < -0.3 is 20.1 Å². The van der Waals surface area contributed by atoms with Crippen molar-refractivity contribution in [3.05, 3.63) is 54.2 Å². The zero-order chi connectivity index (χ0) is 16.9. The molecule has 0 spiro atoms. The molecule has 1 aromatic heterocycles. The Bertz CT molecular complexity index is 718. The monoisotopic (exact) mass is 327 g/mol. The standard InChI is InChI=1S/C17H17N3O4/c18-16(21)14-11-23-9-8-20(14)17(22)12-6-7-15(19-10-12)24-13-4-2-1-3-5-13/h1-7,10,14H,8-9,11H2,(H2,18,21). The Hall–Kier alpha value is -2.93. The van der Waals surface area contributed by atoms with Crippen LogP contribution in [0.4, 0.5) is 0 Å². The molecule has 3 rings (SSSR count). The third kappa shape index (κ3) is 3.52. The summed E-state index contributed by atoms with van der Waals surface area (Å²) in [7, 11) is 0. The SMILES string of the molecule is NC(=O)C1COCCN1C(=O)c1ccc(Oc2ccccc2)nc1. The Balaban J connectivity index is 1.72. The maximum atomic E-state index is 12.6.